The Morgan fingerprint density at radius 2 is 1.76 bits per heavy atom. The van der Waals surface area contributed by atoms with Crippen LogP contribution in [0, 0.1) is 0 Å². The molecule has 0 bridgehead atoms. The summed E-state index contributed by atoms with van der Waals surface area (Å²) in [4.78, 5) is 11.2. The number of carboxylic acid groups (broad SMARTS) is 1. The third kappa shape index (κ3) is 4.28. The number of hydrogen-bond donors (Lipinski definition) is 2. The maximum Gasteiger partial charge on any atom is 0.573 e. The average molecular weight is 375 g/mol. The lowest BCUT2D eigenvalue weighted by atomic mass is 9.99. The molecule has 2 rings (SSSR count). The Hall–Kier alpha value is -2.59. The fraction of sp³-hybridized carbons (Fsp3) is 0.133. The molecule has 0 aliphatic heterocycles. The monoisotopic (exact) mass is 375 g/mol. The molecule has 0 fully saturated rings. The van der Waals surface area contributed by atoms with Gasteiger partial charge in [-0.15, -0.1) is 13.2 Å². The van der Waals surface area contributed by atoms with Crippen molar-refractivity contribution in [3.05, 3.63) is 48.0 Å². The van der Waals surface area contributed by atoms with E-state index in [0.717, 1.165) is 31.3 Å². The van der Waals surface area contributed by atoms with Crippen molar-refractivity contribution in [2.75, 3.05) is 7.05 Å². The molecule has 0 aliphatic rings. The number of hydrogen-bond acceptors (Lipinski definition) is 4. The number of carbonyl (C=O) groups is 1. The summed E-state index contributed by atoms with van der Waals surface area (Å²) in [6.45, 7) is 0. The van der Waals surface area contributed by atoms with Crippen LogP contribution in [0.15, 0.2) is 47.4 Å². The quantitative estimate of drug-likeness (QED) is 0.838. The summed E-state index contributed by atoms with van der Waals surface area (Å²) < 4.78 is 67.2. The number of nitrogens with one attached hydrogen (secondary N) is 1. The van der Waals surface area contributed by atoms with Crippen molar-refractivity contribution in [3.63, 3.8) is 0 Å². The molecule has 0 heterocycles. The zero-order valence-corrected chi connectivity index (χ0v) is 13.5. The first-order valence-corrected chi connectivity index (χ1v) is 8.19. The number of halogens is 3. The molecule has 0 saturated heterocycles. The van der Waals surface area contributed by atoms with Crippen LogP contribution in [0.3, 0.4) is 0 Å². The van der Waals surface area contributed by atoms with E-state index in [1.807, 2.05) is 4.72 Å². The zero-order chi connectivity index (χ0) is 18.8. The fourth-order valence-corrected chi connectivity index (χ4v) is 2.88. The Kier molecular flexibility index (Phi) is 5.04. The molecule has 0 saturated carbocycles. The lowest BCUT2D eigenvalue weighted by molar-refractivity contribution is -0.274. The summed E-state index contributed by atoms with van der Waals surface area (Å²) in [5.41, 5.74) is -0.720. The van der Waals surface area contributed by atoms with Gasteiger partial charge in [0, 0.05) is 5.56 Å². The number of benzene rings is 2. The first kappa shape index (κ1) is 18.7. The van der Waals surface area contributed by atoms with Gasteiger partial charge in [-0.3, -0.25) is 0 Å². The summed E-state index contributed by atoms with van der Waals surface area (Å²) in [6, 6.07) is 8.06. The second kappa shape index (κ2) is 6.73. The van der Waals surface area contributed by atoms with Gasteiger partial charge in [0.1, 0.15) is 5.75 Å². The summed E-state index contributed by atoms with van der Waals surface area (Å²) in [6.07, 6.45) is -4.96. The van der Waals surface area contributed by atoms with Crippen molar-refractivity contribution in [2.24, 2.45) is 0 Å². The maximum absolute atomic E-state index is 12.5. The molecule has 6 nitrogen and oxygen atoms in total. The predicted octanol–water partition coefficient (Wildman–Crippen LogP) is 2.86. The maximum atomic E-state index is 12.5. The second-order valence-corrected chi connectivity index (χ2v) is 6.65. The van der Waals surface area contributed by atoms with Gasteiger partial charge in [0.25, 0.3) is 0 Å². The van der Waals surface area contributed by atoms with Gasteiger partial charge in [0.05, 0.1) is 10.5 Å². The smallest absolute Gasteiger partial charge is 0.478 e. The molecular weight excluding hydrogens is 363 g/mol. The Labute approximate surface area is 140 Å². The Bertz CT molecular complexity index is 910. The average Bonchev–Trinajstić information content (AvgIpc) is 2.53. The van der Waals surface area contributed by atoms with Crippen LogP contribution in [-0.4, -0.2) is 32.9 Å². The van der Waals surface area contributed by atoms with Crippen molar-refractivity contribution < 1.29 is 36.2 Å². The first-order valence-electron chi connectivity index (χ1n) is 6.71. The molecule has 0 amide bonds. The van der Waals surface area contributed by atoms with Crippen LogP contribution in [0.1, 0.15) is 10.4 Å². The molecule has 0 aliphatic carbocycles. The lowest BCUT2D eigenvalue weighted by Gasteiger charge is -2.15. The number of carboxylic acids is 1. The third-order valence-electron chi connectivity index (χ3n) is 3.20. The number of alkyl halides is 3. The summed E-state index contributed by atoms with van der Waals surface area (Å²) in [5, 5.41) is 9.34. The SMILES string of the molecule is CNS(=O)(=O)c1ccc(-c2ccccc2OC(F)(F)F)c(C(=O)O)c1. The van der Waals surface area contributed by atoms with E-state index in [0.29, 0.717) is 0 Å². The van der Waals surface area contributed by atoms with Gasteiger partial charge in [0.15, 0.2) is 0 Å². The fourth-order valence-electron chi connectivity index (χ4n) is 2.12. The van der Waals surface area contributed by atoms with E-state index in [1.165, 1.54) is 18.2 Å². The van der Waals surface area contributed by atoms with E-state index in [9.17, 15) is 31.5 Å². The first-order chi connectivity index (χ1) is 11.5. The standard InChI is InChI=1S/C15H12F3NO5S/c1-19-25(22,23)9-6-7-10(12(8-9)14(20)21)11-4-2-3-5-13(11)24-15(16,17)18/h2-8,19H,1H3,(H,20,21). The van der Waals surface area contributed by atoms with Crippen LogP contribution < -0.4 is 9.46 Å². The Morgan fingerprint density at radius 1 is 1.12 bits per heavy atom. The third-order valence-corrected chi connectivity index (χ3v) is 4.62. The molecule has 0 atom stereocenters. The molecule has 0 aromatic heterocycles. The number of ether oxygens (including phenoxy) is 1. The predicted molar refractivity (Wildman–Crippen MR) is 81.8 cm³/mol. The van der Waals surface area contributed by atoms with Gasteiger partial charge in [-0.25, -0.2) is 17.9 Å². The normalized spacial score (nSPS) is 12.0. The van der Waals surface area contributed by atoms with E-state index < -0.39 is 33.7 Å². The zero-order valence-electron chi connectivity index (χ0n) is 12.7. The van der Waals surface area contributed by atoms with Crippen LogP contribution in [0.5, 0.6) is 5.75 Å². The van der Waals surface area contributed by atoms with Gasteiger partial charge in [-0.05, 0) is 30.8 Å². The number of sulfonamides is 1. The van der Waals surface area contributed by atoms with Crippen LogP contribution in [0.2, 0.25) is 0 Å². The molecule has 2 aromatic carbocycles. The van der Waals surface area contributed by atoms with E-state index in [4.69, 9.17) is 0 Å². The van der Waals surface area contributed by atoms with Gasteiger partial charge < -0.3 is 9.84 Å². The highest BCUT2D eigenvalue weighted by molar-refractivity contribution is 7.89. The minimum Gasteiger partial charge on any atom is -0.478 e. The van der Waals surface area contributed by atoms with E-state index in [1.54, 1.807) is 0 Å². The van der Waals surface area contributed by atoms with Gasteiger partial charge in [0.2, 0.25) is 10.0 Å². The Balaban J connectivity index is 2.67. The number of rotatable bonds is 5. The van der Waals surface area contributed by atoms with Crippen molar-refractivity contribution in [1.82, 2.24) is 4.72 Å². The molecule has 0 unspecified atom stereocenters. The van der Waals surface area contributed by atoms with Crippen molar-refractivity contribution in [3.8, 4) is 16.9 Å². The number of para-hydroxylation sites is 1. The number of aromatic carboxylic acids is 1. The van der Waals surface area contributed by atoms with E-state index in [-0.39, 0.29) is 16.0 Å². The van der Waals surface area contributed by atoms with E-state index in [2.05, 4.69) is 4.74 Å². The molecule has 0 radical (unpaired) electrons. The highest BCUT2D eigenvalue weighted by Gasteiger charge is 2.32. The van der Waals surface area contributed by atoms with Gasteiger partial charge >= 0.3 is 12.3 Å². The molecule has 2 N–H and O–H groups in total. The van der Waals surface area contributed by atoms with Crippen LogP contribution >= 0.6 is 0 Å². The molecule has 0 spiro atoms. The van der Waals surface area contributed by atoms with Crippen molar-refractivity contribution in [2.45, 2.75) is 11.3 Å². The van der Waals surface area contributed by atoms with Crippen LogP contribution in [-0.2, 0) is 10.0 Å². The summed E-state index contributed by atoms with van der Waals surface area (Å²) >= 11 is 0. The van der Waals surface area contributed by atoms with Gasteiger partial charge in [-0.2, -0.15) is 0 Å². The molecular formula is C15H12F3NO5S. The molecule has 134 valence electrons. The van der Waals surface area contributed by atoms with Crippen molar-refractivity contribution >= 4 is 16.0 Å². The minimum absolute atomic E-state index is 0.109. The molecule has 25 heavy (non-hydrogen) atoms. The van der Waals surface area contributed by atoms with Crippen LogP contribution in [0.4, 0.5) is 13.2 Å². The molecule has 2 aromatic rings. The second-order valence-electron chi connectivity index (χ2n) is 4.76. The Morgan fingerprint density at radius 3 is 2.32 bits per heavy atom. The van der Waals surface area contributed by atoms with Crippen molar-refractivity contribution in [1.29, 1.82) is 0 Å². The molecule has 10 heteroatoms. The van der Waals surface area contributed by atoms with E-state index >= 15 is 0 Å². The summed E-state index contributed by atoms with van der Waals surface area (Å²) in [5.74, 6) is -2.09. The highest BCUT2D eigenvalue weighted by Crippen LogP contribution is 2.36. The largest absolute Gasteiger partial charge is 0.573 e. The van der Waals surface area contributed by atoms with Crippen LogP contribution in [0.25, 0.3) is 11.1 Å². The minimum atomic E-state index is -4.96. The highest BCUT2D eigenvalue weighted by atomic mass is 32.2. The topological polar surface area (TPSA) is 92.7 Å². The summed E-state index contributed by atoms with van der Waals surface area (Å²) in [7, 11) is -2.77. The van der Waals surface area contributed by atoms with Gasteiger partial charge in [-0.1, -0.05) is 24.3 Å². The lowest BCUT2D eigenvalue weighted by Crippen LogP contribution is -2.19.